The Hall–Kier alpha value is -1.23. The highest BCUT2D eigenvalue weighted by Crippen LogP contribution is 2.26. The van der Waals surface area contributed by atoms with Gasteiger partial charge in [-0.3, -0.25) is 0 Å². The molecule has 0 atom stereocenters. The Morgan fingerprint density at radius 2 is 2.06 bits per heavy atom. The molecule has 1 aromatic heterocycles. The number of aromatic nitrogens is 1. The molecule has 2 N–H and O–H groups in total. The summed E-state index contributed by atoms with van der Waals surface area (Å²) in [5.74, 6) is 2.12. The molecule has 6 heteroatoms. The van der Waals surface area contributed by atoms with E-state index in [0.717, 1.165) is 17.0 Å². The van der Waals surface area contributed by atoms with Crippen LogP contribution in [0.15, 0.2) is 28.7 Å². The van der Waals surface area contributed by atoms with Gasteiger partial charge in [-0.2, -0.15) is 0 Å². The van der Waals surface area contributed by atoms with Crippen molar-refractivity contribution in [3.05, 3.63) is 35.9 Å². The highest BCUT2D eigenvalue weighted by atomic mass is 35.5. The number of rotatable bonds is 3. The molecule has 0 spiro atoms. The van der Waals surface area contributed by atoms with Crippen molar-refractivity contribution in [2.75, 3.05) is 7.11 Å². The van der Waals surface area contributed by atoms with Gasteiger partial charge in [0.15, 0.2) is 5.89 Å². The molecule has 4 nitrogen and oxygen atoms in total. The molecular weight excluding hydrogens is 275 g/mol. The lowest BCUT2D eigenvalue weighted by Gasteiger charge is -2.02. The minimum absolute atomic E-state index is 0. The van der Waals surface area contributed by atoms with Gasteiger partial charge in [0.05, 0.1) is 13.7 Å². The second kappa shape index (κ2) is 7.26. The van der Waals surface area contributed by atoms with Crippen LogP contribution in [0.3, 0.4) is 0 Å². The van der Waals surface area contributed by atoms with Gasteiger partial charge >= 0.3 is 0 Å². The van der Waals surface area contributed by atoms with Crippen molar-refractivity contribution in [3.8, 4) is 17.0 Å². The summed E-state index contributed by atoms with van der Waals surface area (Å²) in [5, 5.41) is 0. The average molecular weight is 291 g/mol. The van der Waals surface area contributed by atoms with E-state index in [2.05, 4.69) is 4.98 Å². The van der Waals surface area contributed by atoms with Gasteiger partial charge in [-0.25, -0.2) is 4.98 Å². The molecule has 0 radical (unpaired) electrons. The lowest BCUT2D eigenvalue weighted by atomic mass is 10.1. The summed E-state index contributed by atoms with van der Waals surface area (Å²) in [4.78, 5) is 4.32. The fourth-order valence-corrected chi connectivity index (χ4v) is 1.60. The zero-order chi connectivity index (χ0) is 11.5. The zero-order valence-electron chi connectivity index (χ0n) is 10.2. The molecule has 0 unspecified atom stereocenters. The number of oxazole rings is 1. The quantitative estimate of drug-likeness (QED) is 0.944. The third-order valence-corrected chi connectivity index (χ3v) is 2.33. The largest absolute Gasteiger partial charge is 0.497 e. The van der Waals surface area contributed by atoms with E-state index in [1.807, 2.05) is 31.2 Å². The lowest BCUT2D eigenvalue weighted by molar-refractivity contribution is 0.415. The maximum atomic E-state index is 5.61. The number of nitrogens with two attached hydrogens (primary N) is 1. The van der Waals surface area contributed by atoms with E-state index in [0.29, 0.717) is 18.2 Å². The Bertz CT molecular complexity index is 501. The summed E-state index contributed by atoms with van der Waals surface area (Å²) in [5.41, 5.74) is 7.35. The summed E-state index contributed by atoms with van der Waals surface area (Å²) in [6.45, 7) is 2.15. The number of nitrogens with zero attached hydrogens (tertiary/aromatic N) is 1. The normalized spacial score (nSPS) is 9.28. The van der Waals surface area contributed by atoms with Crippen LogP contribution in [0.25, 0.3) is 11.3 Å². The number of hydrogen-bond donors (Lipinski definition) is 1. The van der Waals surface area contributed by atoms with Crippen LogP contribution in [0.4, 0.5) is 0 Å². The molecule has 0 aliphatic carbocycles. The molecule has 0 saturated heterocycles. The van der Waals surface area contributed by atoms with Gasteiger partial charge in [-0.15, -0.1) is 24.8 Å². The Labute approximate surface area is 118 Å². The first-order chi connectivity index (χ1) is 7.74. The monoisotopic (exact) mass is 290 g/mol. The van der Waals surface area contributed by atoms with Crippen molar-refractivity contribution in [3.63, 3.8) is 0 Å². The number of methoxy groups -OCH3 is 1. The van der Waals surface area contributed by atoms with Crippen LogP contribution in [0, 0.1) is 6.92 Å². The van der Waals surface area contributed by atoms with Crippen molar-refractivity contribution >= 4 is 24.8 Å². The SMILES string of the molecule is COc1cccc(-c2nc(C)oc2CN)c1.Cl.Cl. The predicted molar refractivity (Wildman–Crippen MR) is 75.6 cm³/mol. The van der Waals surface area contributed by atoms with Gasteiger partial charge in [0.2, 0.25) is 0 Å². The molecule has 2 aromatic rings. The van der Waals surface area contributed by atoms with Crippen LogP contribution in [0.1, 0.15) is 11.7 Å². The average Bonchev–Trinajstić information content (AvgIpc) is 2.70. The number of ether oxygens (including phenoxy) is 1. The van der Waals surface area contributed by atoms with Gasteiger partial charge in [-0.05, 0) is 12.1 Å². The van der Waals surface area contributed by atoms with Crippen molar-refractivity contribution in [2.45, 2.75) is 13.5 Å². The van der Waals surface area contributed by atoms with Crippen molar-refractivity contribution in [1.29, 1.82) is 0 Å². The van der Waals surface area contributed by atoms with E-state index < -0.39 is 0 Å². The second-order valence-electron chi connectivity index (χ2n) is 3.44. The van der Waals surface area contributed by atoms with Gasteiger partial charge < -0.3 is 14.9 Å². The zero-order valence-corrected chi connectivity index (χ0v) is 11.8. The van der Waals surface area contributed by atoms with Gasteiger partial charge in [0, 0.05) is 12.5 Å². The first-order valence-electron chi connectivity index (χ1n) is 5.05. The molecule has 0 bridgehead atoms. The van der Waals surface area contributed by atoms with E-state index in [4.69, 9.17) is 14.9 Å². The summed E-state index contributed by atoms with van der Waals surface area (Å²) < 4.78 is 10.6. The number of benzene rings is 1. The molecule has 1 aromatic carbocycles. The topological polar surface area (TPSA) is 61.3 Å². The molecule has 0 saturated carbocycles. The smallest absolute Gasteiger partial charge is 0.191 e. The molecule has 18 heavy (non-hydrogen) atoms. The maximum absolute atomic E-state index is 5.61. The fourth-order valence-electron chi connectivity index (χ4n) is 1.60. The maximum Gasteiger partial charge on any atom is 0.191 e. The van der Waals surface area contributed by atoms with Gasteiger partial charge in [-0.1, -0.05) is 12.1 Å². The van der Waals surface area contributed by atoms with E-state index in [9.17, 15) is 0 Å². The molecule has 0 amide bonds. The number of halogens is 2. The fraction of sp³-hybridized carbons (Fsp3) is 0.250. The summed E-state index contributed by atoms with van der Waals surface area (Å²) in [6.07, 6.45) is 0. The summed E-state index contributed by atoms with van der Waals surface area (Å²) in [6, 6.07) is 7.67. The van der Waals surface area contributed by atoms with Crippen LogP contribution in [-0.4, -0.2) is 12.1 Å². The van der Waals surface area contributed by atoms with E-state index >= 15 is 0 Å². The number of hydrogen-bond acceptors (Lipinski definition) is 4. The van der Waals surface area contributed by atoms with E-state index in [1.165, 1.54) is 0 Å². The molecule has 100 valence electrons. The third kappa shape index (κ3) is 3.38. The molecule has 0 aliphatic rings. The predicted octanol–water partition coefficient (Wildman–Crippen LogP) is 2.96. The van der Waals surface area contributed by atoms with Crippen LogP contribution in [0.2, 0.25) is 0 Å². The van der Waals surface area contributed by atoms with Crippen molar-refractivity contribution < 1.29 is 9.15 Å². The van der Waals surface area contributed by atoms with Crippen molar-refractivity contribution in [1.82, 2.24) is 4.98 Å². The first kappa shape index (κ1) is 16.8. The second-order valence-corrected chi connectivity index (χ2v) is 3.44. The van der Waals surface area contributed by atoms with Crippen LogP contribution < -0.4 is 10.5 Å². The van der Waals surface area contributed by atoms with Crippen LogP contribution in [-0.2, 0) is 6.54 Å². The van der Waals surface area contributed by atoms with Crippen molar-refractivity contribution in [2.24, 2.45) is 5.73 Å². The Morgan fingerprint density at radius 3 is 2.67 bits per heavy atom. The molecular formula is C12H16Cl2N2O2. The highest BCUT2D eigenvalue weighted by molar-refractivity contribution is 5.85. The molecule has 0 fully saturated rings. The van der Waals surface area contributed by atoms with Crippen LogP contribution in [0.5, 0.6) is 5.75 Å². The summed E-state index contributed by atoms with van der Waals surface area (Å²) in [7, 11) is 1.64. The minimum Gasteiger partial charge on any atom is -0.497 e. The summed E-state index contributed by atoms with van der Waals surface area (Å²) >= 11 is 0. The highest BCUT2D eigenvalue weighted by Gasteiger charge is 2.11. The Morgan fingerprint density at radius 1 is 1.33 bits per heavy atom. The molecule has 0 aliphatic heterocycles. The minimum atomic E-state index is 0. The Kier molecular flexibility index (Phi) is 6.76. The van der Waals surface area contributed by atoms with Gasteiger partial charge in [0.1, 0.15) is 17.2 Å². The first-order valence-corrected chi connectivity index (χ1v) is 5.05. The van der Waals surface area contributed by atoms with Crippen LogP contribution >= 0.6 is 24.8 Å². The lowest BCUT2D eigenvalue weighted by Crippen LogP contribution is -1.96. The molecule has 2 rings (SSSR count). The standard InChI is InChI=1S/C12H14N2O2.2ClH/c1-8-14-12(11(7-13)16-8)9-4-3-5-10(6-9)15-2;;/h3-6H,7,13H2,1-2H3;2*1H. The van der Waals surface area contributed by atoms with Gasteiger partial charge in [0.25, 0.3) is 0 Å². The third-order valence-electron chi connectivity index (χ3n) is 2.33. The Balaban J connectivity index is 0.00000144. The van der Waals surface area contributed by atoms with E-state index in [-0.39, 0.29) is 24.8 Å². The molecule has 1 heterocycles. The van der Waals surface area contributed by atoms with E-state index in [1.54, 1.807) is 7.11 Å². The number of aryl methyl sites for hydroxylation is 1.